The number of benzene rings is 1. The molecule has 2 rings (SSSR count). The summed E-state index contributed by atoms with van der Waals surface area (Å²) in [6.45, 7) is 5.40. The summed E-state index contributed by atoms with van der Waals surface area (Å²) in [6.07, 6.45) is 0. The van der Waals surface area contributed by atoms with Gasteiger partial charge in [0, 0.05) is 37.1 Å². The summed E-state index contributed by atoms with van der Waals surface area (Å²) in [5, 5.41) is 3.38. The van der Waals surface area contributed by atoms with Gasteiger partial charge in [-0.1, -0.05) is 6.07 Å². The van der Waals surface area contributed by atoms with Crippen molar-refractivity contribution in [3.05, 3.63) is 24.3 Å². The molecule has 1 aliphatic heterocycles. The first-order chi connectivity index (χ1) is 6.77. The van der Waals surface area contributed by atoms with E-state index in [9.17, 15) is 0 Å². The third kappa shape index (κ3) is 1.82. The fourth-order valence-corrected chi connectivity index (χ4v) is 1.93. The van der Waals surface area contributed by atoms with Gasteiger partial charge in [-0.2, -0.15) is 0 Å². The van der Waals surface area contributed by atoms with E-state index < -0.39 is 0 Å². The van der Waals surface area contributed by atoms with Crippen molar-refractivity contribution < 1.29 is 0 Å². The third-order valence-electron chi connectivity index (χ3n) is 2.70. The molecule has 1 aliphatic rings. The van der Waals surface area contributed by atoms with Crippen LogP contribution in [0.4, 0.5) is 11.4 Å². The van der Waals surface area contributed by atoms with Gasteiger partial charge in [0.25, 0.3) is 0 Å². The smallest absolute Gasteiger partial charge is 0.0390 e. The van der Waals surface area contributed by atoms with Crippen molar-refractivity contribution in [2.24, 2.45) is 0 Å². The number of piperazine rings is 1. The van der Waals surface area contributed by atoms with Crippen molar-refractivity contribution in [3.63, 3.8) is 0 Å². The SMILES string of the molecule is CC1CNCCN1c1cccc(N)c1. The molecule has 0 aliphatic carbocycles. The van der Waals surface area contributed by atoms with Crippen LogP contribution in [0.1, 0.15) is 6.92 Å². The molecule has 0 spiro atoms. The monoisotopic (exact) mass is 191 g/mol. The predicted octanol–water partition coefficient (Wildman–Crippen LogP) is 1.07. The minimum Gasteiger partial charge on any atom is -0.399 e. The lowest BCUT2D eigenvalue weighted by atomic mass is 10.1. The largest absolute Gasteiger partial charge is 0.399 e. The zero-order chi connectivity index (χ0) is 9.97. The maximum atomic E-state index is 5.77. The Hall–Kier alpha value is -1.22. The maximum absolute atomic E-state index is 5.77. The molecule has 0 aromatic heterocycles. The Kier molecular flexibility index (Phi) is 2.59. The lowest BCUT2D eigenvalue weighted by Gasteiger charge is -2.36. The van der Waals surface area contributed by atoms with Gasteiger partial charge in [-0.05, 0) is 25.1 Å². The molecular weight excluding hydrogens is 174 g/mol. The molecule has 0 amide bonds. The van der Waals surface area contributed by atoms with Crippen LogP contribution in [0.2, 0.25) is 0 Å². The molecule has 3 N–H and O–H groups in total. The summed E-state index contributed by atoms with van der Waals surface area (Å²) in [4.78, 5) is 2.40. The molecule has 1 unspecified atom stereocenters. The van der Waals surface area contributed by atoms with Gasteiger partial charge in [-0.15, -0.1) is 0 Å². The Morgan fingerprint density at radius 2 is 2.36 bits per heavy atom. The highest BCUT2D eigenvalue weighted by Gasteiger charge is 2.17. The molecule has 0 bridgehead atoms. The number of nitrogens with two attached hydrogens (primary N) is 1. The molecule has 1 fully saturated rings. The van der Waals surface area contributed by atoms with Crippen molar-refractivity contribution in [1.82, 2.24) is 5.32 Å². The fourth-order valence-electron chi connectivity index (χ4n) is 1.93. The summed E-state index contributed by atoms with van der Waals surface area (Å²) in [5.74, 6) is 0. The van der Waals surface area contributed by atoms with E-state index >= 15 is 0 Å². The van der Waals surface area contributed by atoms with Gasteiger partial charge in [0.15, 0.2) is 0 Å². The van der Waals surface area contributed by atoms with E-state index in [0.29, 0.717) is 6.04 Å². The van der Waals surface area contributed by atoms with E-state index in [-0.39, 0.29) is 0 Å². The van der Waals surface area contributed by atoms with Crippen LogP contribution in [-0.2, 0) is 0 Å². The zero-order valence-corrected chi connectivity index (χ0v) is 8.53. The van der Waals surface area contributed by atoms with Gasteiger partial charge < -0.3 is 16.0 Å². The quantitative estimate of drug-likeness (QED) is 0.652. The lowest BCUT2D eigenvalue weighted by molar-refractivity contribution is 0.501. The van der Waals surface area contributed by atoms with Crippen molar-refractivity contribution in [1.29, 1.82) is 0 Å². The summed E-state index contributed by atoms with van der Waals surface area (Å²) in [5.41, 5.74) is 7.84. The molecule has 1 saturated heterocycles. The van der Waals surface area contributed by atoms with E-state index in [2.05, 4.69) is 23.2 Å². The van der Waals surface area contributed by atoms with Crippen LogP contribution in [0.15, 0.2) is 24.3 Å². The van der Waals surface area contributed by atoms with Crippen molar-refractivity contribution >= 4 is 11.4 Å². The van der Waals surface area contributed by atoms with Gasteiger partial charge in [0.1, 0.15) is 0 Å². The number of anilines is 2. The molecule has 3 heteroatoms. The van der Waals surface area contributed by atoms with Gasteiger partial charge in [0.05, 0.1) is 0 Å². The Morgan fingerprint density at radius 1 is 1.50 bits per heavy atom. The van der Waals surface area contributed by atoms with Gasteiger partial charge >= 0.3 is 0 Å². The summed E-state index contributed by atoms with van der Waals surface area (Å²) >= 11 is 0. The lowest BCUT2D eigenvalue weighted by Crippen LogP contribution is -2.49. The molecule has 1 heterocycles. The number of rotatable bonds is 1. The first-order valence-electron chi connectivity index (χ1n) is 5.10. The van der Waals surface area contributed by atoms with Crippen LogP contribution < -0.4 is 16.0 Å². The van der Waals surface area contributed by atoms with Crippen LogP contribution in [0, 0.1) is 0 Å². The Labute approximate surface area is 84.9 Å². The standard InChI is InChI=1S/C11H17N3/c1-9-8-13-5-6-14(9)11-4-2-3-10(12)7-11/h2-4,7,9,13H,5-6,8,12H2,1H3. The van der Waals surface area contributed by atoms with E-state index in [0.717, 1.165) is 25.3 Å². The molecule has 1 aromatic rings. The second kappa shape index (κ2) is 3.88. The second-order valence-corrected chi connectivity index (χ2v) is 3.84. The van der Waals surface area contributed by atoms with Crippen LogP contribution in [0.25, 0.3) is 0 Å². The first-order valence-corrected chi connectivity index (χ1v) is 5.10. The van der Waals surface area contributed by atoms with Crippen LogP contribution >= 0.6 is 0 Å². The number of hydrogen-bond donors (Lipinski definition) is 2. The number of nitrogens with zero attached hydrogens (tertiary/aromatic N) is 1. The minimum atomic E-state index is 0.547. The van der Waals surface area contributed by atoms with Crippen molar-refractivity contribution in [2.75, 3.05) is 30.3 Å². The van der Waals surface area contributed by atoms with E-state index in [4.69, 9.17) is 5.73 Å². The molecule has 0 radical (unpaired) electrons. The molecule has 3 nitrogen and oxygen atoms in total. The number of nitrogens with one attached hydrogen (secondary N) is 1. The third-order valence-corrected chi connectivity index (χ3v) is 2.70. The van der Waals surface area contributed by atoms with Crippen molar-refractivity contribution in [3.8, 4) is 0 Å². The Morgan fingerprint density at radius 3 is 3.07 bits per heavy atom. The summed E-state index contributed by atoms with van der Waals surface area (Å²) < 4.78 is 0. The molecule has 1 atom stereocenters. The Balaban J connectivity index is 2.20. The zero-order valence-electron chi connectivity index (χ0n) is 8.53. The highest BCUT2D eigenvalue weighted by atomic mass is 15.2. The molecule has 14 heavy (non-hydrogen) atoms. The first kappa shape index (κ1) is 9.34. The number of hydrogen-bond acceptors (Lipinski definition) is 3. The average molecular weight is 191 g/mol. The second-order valence-electron chi connectivity index (χ2n) is 3.84. The fraction of sp³-hybridized carbons (Fsp3) is 0.455. The Bertz CT molecular complexity index is 311. The van der Waals surface area contributed by atoms with Crippen molar-refractivity contribution in [2.45, 2.75) is 13.0 Å². The highest BCUT2D eigenvalue weighted by molar-refractivity contribution is 5.56. The predicted molar refractivity (Wildman–Crippen MR) is 60.5 cm³/mol. The summed E-state index contributed by atoms with van der Waals surface area (Å²) in [6, 6.07) is 8.65. The molecule has 76 valence electrons. The molecular formula is C11H17N3. The highest BCUT2D eigenvalue weighted by Crippen LogP contribution is 2.20. The van der Waals surface area contributed by atoms with Crippen LogP contribution in [-0.4, -0.2) is 25.7 Å². The van der Waals surface area contributed by atoms with E-state index in [1.54, 1.807) is 0 Å². The maximum Gasteiger partial charge on any atom is 0.0390 e. The van der Waals surface area contributed by atoms with Gasteiger partial charge in [-0.3, -0.25) is 0 Å². The minimum absolute atomic E-state index is 0.547. The molecule has 1 aromatic carbocycles. The molecule has 0 saturated carbocycles. The summed E-state index contributed by atoms with van der Waals surface area (Å²) in [7, 11) is 0. The topological polar surface area (TPSA) is 41.3 Å². The normalized spacial score (nSPS) is 22.4. The van der Waals surface area contributed by atoms with Crippen LogP contribution in [0.3, 0.4) is 0 Å². The van der Waals surface area contributed by atoms with E-state index in [1.807, 2.05) is 18.2 Å². The number of nitrogen functional groups attached to an aromatic ring is 1. The van der Waals surface area contributed by atoms with Gasteiger partial charge in [0.2, 0.25) is 0 Å². The van der Waals surface area contributed by atoms with E-state index in [1.165, 1.54) is 5.69 Å². The van der Waals surface area contributed by atoms with Crippen LogP contribution in [0.5, 0.6) is 0 Å². The van der Waals surface area contributed by atoms with Gasteiger partial charge in [-0.25, -0.2) is 0 Å². The average Bonchev–Trinajstić information content (AvgIpc) is 2.18.